The van der Waals surface area contributed by atoms with Gasteiger partial charge in [-0.2, -0.15) is 0 Å². The van der Waals surface area contributed by atoms with Crippen LogP contribution in [0.25, 0.3) is 0 Å². The van der Waals surface area contributed by atoms with Gasteiger partial charge in [-0.25, -0.2) is 0 Å². The van der Waals surface area contributed by atoms with Crippen molar-refractivity contribution in [1.29, 1.82) is 0 Å². The van der Waals surface area contributed by atoms with E-state index in [0.29, 0.717) is 6.42 Å². The molecule has 1 amide bonds. The van der Waals surface area contributed by atoms with Crippen molar-refractivity contribution < 1.29 is 14.7 Å². The highest BCUT2D eigenvalue weighted by Crippen LogP contribution is 2.38. The average molecular weight is 213 g/mol. The Balaban J connectivity index is 2.70. The van der Waals surface area contributed by atoms with Gasteiger partial charge >= 0.3 is 5.97 Å². The zero-order chi connectivity index (χ0) is 11.6. The molecule has 1 saturated carbocycles. The van der Waals surface area contributed by atoms with Crippen LogP contribution in [0.4, 0.5) is 0 Å². The van der Waals surface area contributed by atoms with Crippen molar-refractivity contribution in [3.05, 3.63) is 0 Å². The summed E-state index contributed by atoms with van der Waals surface area (Å²) in [4.78, 5) is 22.6. The van der Waals surface area contributed by atoms with Crippen LogP contribution in [-0.2, 0) is 9.59 Å². The normalized spacial score (nSPS) is 30.5. The molecule has 0 aromatic rings. The highest BCUT2D eigenvalue weighted by atomic mass is 16.4. The molecule has 0 spiro atoms. The average Bonchev–Trinajstić information content (AvgIpc) is 2.49. The van der Waals surface area contributed by atoms with E-state index in [4.69, 9.17) is 5.11 Å². The summed E-state index contributed by atoms with van der Waals surface area (Å²) in [6.07, 6.45) is 2.28. The summed E-state index contributed by atoms with van der Waals surface area (Å²) in [7, 11) is 0. The predicted molar refractivity (Wildman–Crippen MR) is 56.4 cm³/mol. The van der Waals surface area contributed by atoms with Gasteiger partial charge in [0.05, 0.1) is 5.41 Å². The second-order valence-corrected chi connectivity index (χ2v) is 4.83. The number of rotatable bonds is 3. The summed E-state index contributed by atoms with van der Waals surface area (Å²) in [6, 6.07) is -0.218. The minimum atomic E-state index is -0.811. The zero-order valence-corrected chi connectivity index (χ0v) is 9.54. The van der Waals surface area contributed by atoms with Crippen molar-refractivity contribution in [2.75, 3.05) is 0 Å². The monoisotopic (exact) mass is 213 g/mol. The van der Waals surface area contributed by atoms with Crippen LogP contribution in [0.15, 0.2) is 0 Å². The molecule has 2 N–H and O–H groups in total. The van der Waals surface area contributed by atoms with Crippen LogP contribution in [0.2, 0.25) is 0 Å². The summed E-state index contributed by atoms with van der Waals surface area (Å²) in [5.74, 6) is -0.966. The summed E-state index contributed by atoms with van der Waals surface area (Å²) in [5, 5.41) is 12.0. The Hall–Kier alpha value is -1.06. The second kappa shape index (κ2) is 4.21. The van der Waals surface area contributed by atoms with Gasteiger partial charge in [-0.1, -0.05) is 20.3 Å². The first-order valence-electron chi connectivity index (χ1n) is 5.41. The largest absolute Gasteiger partial charge is 0.481 e. The van der Waals surface area contributed by atoms with E-state index in [2.05, 4.69) is 5.32 Å². The molecule has 4 heteroatoms. The highest BCUT2D eigenvalue weighted by molar-refractivity contribution is 5.81. The lowest BCUT2D eigenvalue weighted by Gasteiger charge is -2.28. The number of hydrogen-bond acceptors (Lipinski definition) is 2. The first-order chi connectivity index (χ1) is 6.88. The Kier molecular flexibility index (Phi) is 3.37. The van der Waals surface area contributed by atoms with Gasteiger partial charge in [0.15, 0.2) is 0 Å². The van der Waals surface area contributed by atoms with Gasteiger partial charge in [-0.05, 0) is 19.8 Å². The molecule has 2 unspecified atom stereocenters. The summed E-state index contributed by atoms with van der Waals surface area (Å²) in [5.41, 5.74) is -0.787. The Morgan fingerprint density at radius 1 is 1.47 bits per heavy atom. The zero-order valence-electron chi connectivity index (χ0n) is 9.54. The number of aliphatic carboxylic acids is 1. The molecule has 0 heterocycles. The summed E-state index contributed by atoms with van der Waals surface area (Å²) >= 11 is 0. The third-order valence-corrected chi connectivity index (χ3v) is 3.29. The molecule has 15 heavy (non-hydrogen) atoms. The minimum absolute atomic E-state index is 0.0608. The molecule has 0 aromatic carbocycles. The van der Waals surface area contributed by atoms with Crippen LogP contribution in [0.5, 0.6) is 0 Å². The molecule has 1 aliphatic carbocycles. The smallest absolute Gasteiger partial charge is 0.311 e. The molecule has 4 nitrogen and oxygen atoms in total. The quantitative estimate of drug-likeness (QED) is 0.744. The highest BCUT2D eigenvalue weighted by Gasteiger charge is 2.45. The van der Waals surface area contributed by atoms with Crippen molar-refractivity contribution in [1.82, 2.24) is 5.32 Å². The number of hydrogen-bond donors (Lipinski definition) is 2. The van der Waals surface area contributed by atoms with Crippen molar-refractivity contribution in [3.63, 3.8) is 0 Å². The topological polar surface area (TPSA) is 66.4 Å². The van der Waals surface area contributed by atoms with Crippen molar-refractivity contribution in [2.24, 2.45) is 11.3 Å². The number of carbonyl (C=O) groups is 2. The molecule has 0 aliphatic heterocycles. The van der Waals surface area contributed by atoms with Gasteiger partial charge in [-0.3, -0.25) is 9.59 Å². The van der Waals surface area contributed by atoms with Crippen molar-refractivity contribution >= 4 is 11.9 Å². The molecule has 0 radical (unpaired) electrons. The maximum Gasteiger partial charge on any atom is 0.311 e. The van der Waals surface area contributed by atoms with Crippen molar-refractivity contribution in [3.8, 4) is 0 Å². The fourth-order valence-corrected chi connectivity index (χ4v) is 1.99. The van der Waals surface area contributed by atoms with Crippen LogP contribution in [0.3, 0.4) is 0 Å². The van der Waals surface area contributed by atoms with E-state index in [9.17, 15) is 9.59 Å². The van der Waals surface area contributed by atoms with Gasteiger partial charge in [0.2, 0.25) is 5.91 Å². The Bertz CT molecular complexity index is 275. The first-order valence-corrected chi connectivity index (χ1v) is 5.41. The van der Waals surface area contributed by atoms with E-state index in [0.717, 1.165) is 12.8 Å². The molecule has 86 valence electrons. The Labute approximate surface area is 90.0 Å². The Morgan fingerprint density at radius 3 is 2.53 bits per heavy atom. The molecule has 1 aliphatic rings. The maximum absolute atomic E-state index is 11.5. The van der Waals surface area contributed by atoms with E-state index in [1.54, 1.807) is 6.92 Å². The van der Waals surface area contributed by atoms with E-state index >= 15 is 0 Å². The molecule has 1 fully saturated rings. The van der Waals surface area contributed by atoms with Gasteiger partial charge in [0.1, 0.15) is 0 Å². The third kappa shape index (κ3) is 2.30. The van der Waals surface area contributed by atoms with E-state index in [-0.39, 0.29) is 17.9 Å². The summed E-state index contributed by atoms with van der Waals surface area (Å²) < 4.78 is 0. The van der Waals surface area contributed by atoms with E-state index in [1.165, 1.54) is 0 Å². The summed E-state index contributed by atoms with van der Waals surface area (Å²) in [6.45, 7) is 5.33. The first kappa shape index (κ1) is 12.0. The van der Waals surface area contributed by atoms with Crippen LogP contribution >= 0.6 is 0 Å². The lowest BCUT2D eigenvalue weighted by atomic mass is 9.84. The predicted octanol–water partition coefficient (Wildman–Crippen LogP) is 1.40. The van der Waals surface area contributed by atoms with Crippen LogP contribution in [-0.4, -0.2) is 23.0 Å². The number of carbonyl (C=O) groups excluding carboxylic acids is 1. The number of nitrogens with one attached hydrogen (secondary N) is 1. The molecule has 0 aromatic heterocycles. The lowest BCUT2D eigenvalue weighted by Crippen LogP contribution is -2.48. The lowest BCUT2D eigenvalue weighted by molar-refractivity contribution is -0.149. The molecular weight excluding hydrogens is 194 g/mol. The van der Waals surface area contributed by atoms with Crippen LogP contribution in [0, 0.1) is 11.3 Å². The molecule has 0 saturated heterocycles. The molecule has 2 atom stereocenters. The van der Waals surface area contributed by atoms with Gasteiger partial charge in [-0.15, -0.1) is 0 Å². The minimum Gasteiger partial charge on any atom is -0.481 e. The van der Waals surface area contributed by atoms with E-state index < -0.39 is 11.4 Å². The molecule has 1 rings (SSSR count). The van der Waals surface area contributed by atoms with E-state index in [1.807, 2.05) is 13.8 Å². The number of carboxylic acid groups (broad SMARTS) is 1. The van der Waals surface area contributed by atoms with Gasteiger partial charge in [0.25, 0.3) is 0 Å². The SMILES string of the molecule is CC(C)C(=O)NC1CCCC1(C)C(=O)O. The van der Waals surface area contributed by atoms with Crippen molar-refractivity contribution in [2.45, 2.75) is 46.1 Å². The maximum atomic E-state index is 11.5. The number of amides is 1. The standard InChI is InChI=1S/C11H19NO3/c1-7(2)9(13)12-8-5-4-6-11(8,3)10(14)15/h7-8H,4-6H2,1-3H3,(H,12,13)(H,14,15). The number of carboxylic acids is 1. The Morgan fingerprint density at radius 2 is 2.07 bits per heavy atom. The van der Waals surface area contributed by atoms with Gasteiger partial charge in [0, 0.05) is 12.0 Å². The molecule has 0 bridgehead atoms. The van der Waals surface area contributed by atoms with Crippen LogP contribution < -0.4 is 5.32 Å². The fourth-order valence-electron chi connectivity index (χ4n) is 1.99. The van der Waals surface area contributed by atoms with Crippen LogP contribution in [0.1, 0.15) is 40.0 Å². The fraction of sp³-hybridized carbons (Fsp3) is 0.818. The van der Waals surface area contributed by atoms with Gasteiger partial charge < -0.3 is 10.4 Å². The second-order valence-electron chi connectivity index (χ2n) is 4.83. The third-order valence-electron chi connectivity index (χ3n) is 3.29. The molecular formula is C11H19NO3.